The number of carbonyl (C=O) groups excluding carboxylic acids is 3. The Balaban J connectivity index is 1.75. The average molecular weight is 543 g/mol. The molecule has 1 N–H and O–H groups in total. The first kappa shape index (κ1) is 28.5. The fourth-order valence-corrected chi connectivity index (χ4v) is 5.14. The van der Waals surface area contributed by atoms with Crippen molar-refractivity contribution in [2.45, 2.75) is 38.7 Å². The number of nitrogens with one attached hydrogen (secondary N) is 1. The first-order valence-corrected chi connectivity index (χ1v) is 13.2. The van der Waals surface area contributed by atoms with E-state index in [1.165, 1.54) is 45.3 Å². The van der Waals surface area contributed by atoms with Gasteiger partial charge in [0.25, 0.3) is 10.0 Å². The van der Waals surface area contributed by atoms with Gasteiger partial charge in [-0.25, -0.2) is 18.0 Å². The average Bonchev–Trinajstić information content (AvgIpc) is 3.21. The number of Topliss-reactive ketones (excluding diaryl/α,β-unsaturated/α-hetero) is 1. The van der Waals surface area contributed by atoms with Gasteiger partial charge in [0.2, 0.25) is 5.78 Å². The Labute approximate surface area is 221 Å². The number of anilines is 1. The number of esters is 2. The molecule has 0 aliphatic rings. The molecule has 0 fully saturated rings. The number of benzene rings is 2. The summed E-state index contributed by atoms with van der Waals surface area (Å²) < 4.78 is 43.0. The van der Waals surface area contributed by atoms with Gasteiger partial charge in [-0.1, -0.05) is 12.1 Å². The normalized spacial score (nSPS) is 11.9. The van der Waals surface area contributed by atoms with Crippen LogP contribution in [0, 0.1) is 13.8 Å². The van der Waals surface area contributed by atoms with E-state index in [0.29, 0.717) is 22.7 Å². The fourth-order valence-electron chi connectivity index (χ4n) is 3.93. The lowest BCUT2D eigenvalue weighted by Crippen LogP contribution is -2.27. The van der Waals surface area contributed by atoms with Crippen LogP contribution in [0.3, 0.4) is 0 Å². The summed E-state index contributed by atoms with van der Waals surface area (Å²) in [6, 6.07) is 11.9. The highest BCUT2D eigenvalue weighted by Crippen LogP contribution is 2.31. The number of aromatic nitrogens is 1. The van der Waals surface area contributed by atoms with Gasteiger partial charge < -0.3 is 19.2 Å². The van der Waals surface area contributed by atoms with Crippen LogP contribution < -0.4 is 9.04 Å². The molecule has 202 valence electrons. The quantitative estimate of drug-likeness (QED) is 0.300. The van der Waals surface area contributed by atoms with Crippen molar-refractivity contribution in [3.05, 3.63) is 76.6 Å². The predicted molar refractivity (Wildman–Crippen MR) is 140 cm³/mol. The van der Waals surface area contributed by atoms with Crippen LogP contribution in [0.15, 0.2) is 53.4 Å². The number of sulfonamides is 1. The maximum absolute atomic E-state index is 13.1. The smallest absolute Gasteiger partial charge is 0.340 e. The fraction of sp³-hybridized carbons (Fsp3) is 0.296. The highest BCUT2D eigenvalue weighted by molar-refractivity contribution is 7.92. The highest BCUT2D eigenvalue weighted by atomic mass is 32.2. The van der Waals surface area contributed by atoms with Crippen LogP contribution in [0.2, 0.25) is 0 Å². The lowest BCUT2D eigenvalue weighted by atomic mass is 10.1. The van der Waals surface area contributed by atoms with Gasteiger partial charge in [-0.15, -0.1) is 0 Å². The number of aromatic amines is 1. The summed E-state index contributed by atoms with van der Waals surface area (Å²) in [5.74, 6) is -1.49. The molecular weight excluding hydrogens is 512 g/mol. The molecule has 0 amide bonds. The minimum atomic E-state index is -3.95. The van der Waals surface area contributed by atoms with Gasteiger partial charge in [-0.2, -0.15) is 0 Å². The second kappa shape index (κ2) is 11.5. The molecule has 0 saturated heterocycles. The van der Waals surface area contributed by atoms with Crippen LogP contribution in [0.5, 0.6) is 5.75 Å². The molecule has 0 radical (unpaired) electrons. The summed E-state index contributed by atoms with van der Waals surface area (Å²) in [7, 11) is -1.10. The lowest BCUT2D eigenvalue weighted by molar-refractivity contribution is 0.0316. The molecule has 0 spiro atoms. The lowest BCUT2D eigenvalue weighted by Gasteiger charge is -2.21. The topological polar surface area (TPSA) is 132 Å². The third kappa shape index (κ3) is 5.57. The van der Waals surface area contributed by atoms with Gasteiger partial charge in [-0.05, 0) is 69.7 Å². The predicted octanol–water partition coefficient (Wildman–Crippen LogP) is 4.07. The zero-order valence-corrected chi connectivity index (χ0v) is 22.8. The number of rotatable bonds is 10. The largest absolute Gasteiger partial charge is 0.495 e. The Morgan fingerprint density at radius 3 is 2.24 bits per heavy atom. The summed E-state index contributed by atoms with van der Waals surface area (Å²) in [6.45, 7) is 6.55. The van der Waals surface area contributed by atoms with Crippen LogP contribution in [0.4, 0.5) is 5.69 Å². The van der Waals surface area contributed by atoms with Gasteiger partial charge in [0.15, 0.2) is 6.10 Å². The van der Waals surface area contributed by atoms with E-state index >= 15 is 0 Å². The summed E-state index contributed by atoms with van der Waals surface area (Å²) in [6.07, 6.45) is -1.17. The van der Waals surface area contributed by atoms with E-state index in [-0.39, 0.29) is 28.3 Å². The van der Waals surface area contributed by atoms with Crippen molar-refractivity contribution < 1.29 is 37.0 Å². The number of methoxy groups -OCH3 is 1. The van der Waals surface area contributed by atoms with Gasteiger partial charge in [0.1, 0.15) is 5.75 Å². The molecule has 10 nitrogen and oxygen atoms in total. The maximum atomic E-state index is 13.1. The standard InChI is InChI=1S/C27H30N2O8S/c1-7-36-27(32)23-16(2)24(28-17(23)3)25(30)18(4)37-26(31)19-12-14-20(15-13-19)38(33,34)29(5)21-10-8-9-11-22(21)35-6/h8-15,18,28H,7H2,1-6H3/t18-/m0/s1. The number of ketones is 1. The number of aryl methyl sites for hydroxylation is 1. The van der Waals surface area contributed by atoms with Crippen molar-refractivity contribution in [2.75, 3.05) is 25.1 Å². The minimum absolute atomic E-state index is 0.0458. The van der Waals surface area contributed by atoms with Crippen molar-refractivity contribution in [2.24, 2.45) is 0 Å². The molecule has 3 aromatic rings. The Kier molecular flexibility index (Phi) is 8.62. The van der Waals surface area contributed by atoms with E-state index in [0.717, 1.165) is 4.31 Å². The van der Waals surface area contributed by atoms with E-state index in [1.807, 2.05) is 0 Å². The van der Waals surface area contributed by atoms with Crippen molar-refractivity contribution >= 4 is 33.4 Å². The van der Waals surface area contributed by atoms with Crippen LogP contribution in [0.1, 0.15) is 56.3 Å². The molecule has 3 rings (SSSR count). The molecule has 0 bridgehead atoms. The first-order chi connectivity index (χ1) is 17.9. The van der Waals surface area contributed by atoms with Crippen molar-refractivity contribution in [1.29, 1.82) is 0 Å². The molecule has 38 heavy (non-hydrogen) atoms. The van der Waals surface area contributed by atoms with Crippen molar-refractivity contribution in [1.82, 2.24) is 4.98 Å². The SMILES string of the molecule is CCOC(=O)c1c(C)[nH]c(C(=O)[C@H](C)OC(=O)c2ccc(S(=O)(=O)N(C)c3ccccc3OC)cc2)c1C. The Morgan fingerprint density at radius 2 is 1.63 bits per heavy atom. The highest BCUT2D eigenvalue weighted by Gasteiger charge is 2.28. The molecule has 11 heteroatoms. The molecule has 0 aliphatic carbocycles. The van der Waals surface area contributed by atoms with E-state index < -0.39 is 33.8 Å². The molecule has 1 atom stereocenters. The zero-order valence-electron chi connectivity index (χ0n) is 22.0. The second-order valence-corrected chi connectivity index (χ2v) is 10.4. The van der Waals surface area contributed by atoms with Gasteiger partial charge in [-0.3, -0.25) is 9.10 Å². The Hall–Kier alpha value is -4.12. The number of ether oxygens (including phenoxy) is 3. The van der Waals surface area contributed by atoms with E-state index in [9.17, 15) is 22.8 Å². The zero-order chi connectivity index (χ0) is 28.2. The van der Waals surface area contributed by atoms with E-state index in [2.05, 4.69) is 4.98 Å². The van der Waals surface area contributed by atoms with Crippen LogP contribution in [-0.2, 0) is 19.5 Å². The summed E-state index contributed by atoms with van der Waals surface area (Å²) in [4.78, 5) is 40.7. The Morgan fingerprint density at radius 1 is 1.00 bits per heavy atom. The number of nitrogens with zero attached hydrogens (tertiary/aromatic N) is 1. The monoisotopic (exact) mass is 542 g/mol. The molecule has 0 aliphatic heterocycles. The van der Waals surface area contributed by atoms with Gasteiger partial charge in [0.05, 0.1) is 41.1 Å². The second-order valence-electron chi connectivity index (χ2n) is 8.43. The summed E-state index contributed by atoms with van der Waals surface area (Å²) in [5, 5.41) is 0. The third-order valence-electron chi connectivity index (χ3n) is 5.99. The van der Waals surface area contributed by atoms with Crippen molar-refractivity contribution in [3.8, 4) is 5.75 Å². The minimum Gasteiger partial charge on any atom is -0.495 e. The Bertz CT molecular complexity index is 1460. The number of hydrogen-bond acceptors (Lipinski definition) is 8. The summed E-state index contributed by atoms with van der Waals surface area (Å²) >= 11 is 0. The molecule has 2 aromatic carbocycles. The number of para-hydroxylation sites is 2. The van der Waals surface area contributed by atoms with Crippen LogP contribution in [0.25, 0.3) is 0 Å². The third-order valence-corrected chi connectivity index (χ3v) is 7.77. The van der Waals surface area contributed by atoms with Crippen molar-refractivity contribution in [3.63, 3.8) is 0 Å². The van der Waals surface area contributed by atoms with E-state index in [1.54, 1.807) is 45.0 Å². The first-order valence-electron chi connectivity index (χ1n) is 11.8. The summed E-state index contributed by atoms with van der Waals surface area (Å²) in [5.41, 5.74) is 1.71. The molecular formula is C27H30N2O8S. The van der Waals surface area contributed by atoms with Crippen LogP contribution >= 0.6 is 0 Å². The van der Waals surface area contributed by atoms with Crippen LogP contribution in [-0.4, -0.2) is 58.0 Å². The number of H-pyrrole nitrogens is 1. The van der Waals surface area contributed by atoms with Gasteiger partial charge >= 0.3 is 11.9 Å². The number of hydrogen-bond donors (Lipinski definition) is 1. The molecule has 1 heterocycles. The molecule has 1 aromatic heterocycles. The van der Waals surface area contributed by atoms with Gasteiger partial charge in [0, 0.05) is 12.7 Å². The molecule has 0 unspecified atom stereocenters. The van der Waals surface area contributed by atoms with E-state index in [4.69, 9.17) is 14.2 Å². The maximum Gasteiger partial charge on any atom is 0.340 e. The molecule has 0 saturated carbocycles. The number of carbonyl (C=O) groups is 3.